The van der Waals surface area contributed by atoms with Crippen LogP contribution in [-0.2, 0) is 0 Å². The molecule has 0 radical (unpaired) electrons. The molecular weight excluding hydrogens is 154 g/mol. The van der Waals surface area contributed by atoms with E-state index in [1.165, 1.54) is 19.3 Å². The summed E-state index contributed by atoms with van der Waals surface area (Å²) >= 11 is 0. The summed E-state index contributed by atoms with van der Waals surface area (Å²) in [5.74, 6) is 1.45. The third-order valence-electron chi connectivity index (χ3n) is 2.82. The van der Waals surface area contributed by atoms with Crippen LogP contribution in [0.5, 0.6) is 0 Å². The van der Waals surface area contributed by atoms with E-state index in [1.807, 2.05) is 0 Å². The standard InChI is InChI=1S/C8H13N3O/c9-8(12)11-10-7-4-5-1-2-6(7)3-5/h5-6H,1-4H2,(H3,9,11,12)/b10-7+. The normalized spacial score (nSPS) is 35.8. The third kappa shape index (κ3) is 1.29. The molecular formula is C8H13N3O. The number of primary amides is 1. The second-order valence-electron chi connectivity index (χ2n) is 3.66. The summed E-state index contributed by atoms with van der Waals surface area (Å²) in [5, 5.41) is 4.00. The van der Waals surface area contributed by atoms with Crippen LogP contribution in [0.15, 0.2) is 5.10 Å². The second-order valence-corrected chi connectivity index (χ2v) is 3.66. The summed E-state index contributed by atoms with van der Waals surface area (Å²) in [5.41, 5.74) is 8.35. The van der Waals surface area contributed by atoms with E-state index in [0.717, 1.165) is 18.1 Å². The zero-order valence-corrected chi connectivity index (χ0v) is 6.92. The Balaban J connectivity index is 1.97. The van der Waals surface area contributed by atoms with Gasteiger partial charge >= 0.3 is 6.03 Å². The fraction of sp³-hybridized carbons (Fsp3) is 0.750. The van der Waals surface area contributed by atoms with E-state index in [2.05, 4.69) is 10.5 Å². The molecule has 0 spiro atoms. The van der Waals surface area contributed by atoms with E-state index < -0.39 is 6.03 Å². The van der Waals surface area contributed by atoms with Crippen molar-refractivity contribution in [3.05, 3.63) is 0 Å². The Morgan fingerprint density at radius 2 is 2.42 bits per heavy atom. The summed E-state index contributed by atoms with van der Waals surface area (Å²) in [4.78, 5) is 10.4. The molecule has 2 rings (SSSR count). The molecule has 66 valence electrons. The SMILES string of the molecule is NC(=O)N/N=C1\CC2CCC1C2. The van der Waals surface area contributed by atoms with E-state index in [-0.39, 0.29) is 0 Å². The van der Waals surface area contributed by atoms with E-state index in [9.17, 15) is 4.79 Å². The summed E-state index contributed by atoms with van der Waals surface area (Å²) < 4.78 is 0. The molecule has 2 aliphatic rings. The quantitative estimate of drug-likeness (QED) is 0.558. The summed E-state index contributed by atoms with van der Waals surface area (Å²) in [6, 6.07) is -0.565. The Labute approximate surface area is 71.2 Å². The largest absolute Gasteiger partial charge is 0.350 e. The Kier molecular flexibility index (Phi) is 1.75. The minimum absolute atomic E-state index is 0.565. The van der Waals surface area contributed by atoms with Crippen molar-refractivity contribution >= 4 is 11.7 Å². The van der Waals surface area contributed by atoms with Crippen LogP contribution in [-0.4, -0.2) is 11.7 Å². The molecule has 2 aliphatic carbocycles. The van der Waals surface area contributed by atoms with Crippen LogP contribution in [0.4, 0.5) is 4.79 Å². The highest BCUT2D eigenvalue weighted by Gasteiger charge is 2.36. The first-order chi connectivity index (χ1) is 5.75. The highest BCUT2D eigenvalue weighted by Crippen LogP contribution is 2.42. The molecule has 0 aromatic heterocycles. The second kappa shape index (κ2) is 2.77. The van der Waals surface area contributed by atoms with Crippen molar-refractivity contribution in [1.82, 2.24) is 5.43 Å². The Hall–Kier alpha value is -1.06. The van der Waals surface area contributed by atoms with Gasteiger partial charge in [-0.15, -0.1) is 0 Å². The molecule has 0 saturated heterocycles. The van der Waals surface area contributed by atoms with Crippen LogP contribution >= 0.6 is 0 Å². The summed E-state index contributed by atoms with van der Waals surface area (Å²) in [7, 11) is 0. The van der Waals surface area contributed by atoms with Crippen molar-refractivity contribution in [1.29, 1.82) is 0 Å². The fourth-order valence-electron chi connectivity index (χ4n) is 2.29. The molecule has 2 saturated carbocycles. The average Bonchev–Trinajstić information content (AvgIpc) is 2.60. The summed E-state index contributed by atoms with van der Waals surface area (Å²) in [6.07, 6.45) is 4.90. The van der Waals surface area contributed by atoms with Gasteiger partial charge in [0.05, 0.1) is 0 Å². The lowest BCUT2D eigenvalue weighted by Crippen LogP contribution is -2.26. The van der Waals surface area contributed by atoms with Crippen LogP contribution in [0.3, 0.4) is 0 Å². The van der Waals surface area contributed by atoms with Crippen molar-refractivity contribution in [2.45, 2.75) is 25.7 Å². The van der Waals surface area contributed by atoms with E-state index >= 15 is 0 Å². The fourth-order valence-corrected chi connectivity index (χ4v) is 2.29. The first-order valence-electron chi connectivity index (χ1n) is 4.37. The van der Waals surface area contributed by atoms with Crippen LogP contribution in [0, 0.1) is 11.8 Å². The van der Waals surface area contributed by atoms with Gasteiger partial charge in [0.1, 0.15) is 0 Å². The van der Waals surface area contributed by atoms with Crippen molar-refractivity contribution in [2.24, 2.45) is 22.7 Å². The van der Waals surface area contributed by atoms with E-state index in [0.29, 0.717) is 5.92 Å². The van der Waals surface area contributed by atoms with Crippen LogP contribution in [0.2, 0.25) is 0 Å². The van der Waals surface area contributed by atoms with Crippen LogP contribution in [0.25, 0.3) is 0 Å². The minimum Gasteiger partial charge on any atom is -0.350 e. The molecule has 2 bridgehead atoms. The topological polar surface area (TPSA) is 67.5 Å². The predicted molar refractivity (Wildman–Crippen MR) is 45.6 cm³/mol. The zero-order valence-electron chi connectivity index (χ0n) is 6.92. The van der Waals surface area contributed by atoms with E-state index in [1.54, 1.807) is 0 Å². The molecule has 4 nitrogen and oxygen atoms in total. The number of rotatable bonds is 1. The van der Waals surface area contributed by atoms with Crippen LogP contribution < -0.4 is 11.2 Å². The number of nitrogens with one attached hydrogen (secondary N) is 1. The van der Waals surface area contributed by atoms with Gasteiger partial charge in [-0.3, -0.25) is 0 Å². The zero-order chi connectivity index (χ0) is 8.55. The van der Waals surface area contributed by atoms with Gasteiger partial charge in [-0.2, -0.15) is 5.10 Å². The van der Waals surface area contributed by atoms with Gasteiger partial charge in [0, 0.05) is 5.71 Å². The smallest absolute Gasteiger partial charge is 0.332 e. The molecule has 4 heteroatoms. The van der Waals surface area contributed by atoms with Crippen molar-refractivity contribution in [3.63, 3.8) is 0 Å². The number of carbonyl (C=O) groups excluding carboxylic acids is 1. The molecule has 2 amide bonds. The third-order valence-corrected chi connectivity index (χ3v) is 2.82. The van der Waals surface area contributed by atoms with Gasteiger partial charge in [0.15, 0.2) is 0 Å². The Morgan fingerprint density at radius 1 is 1.58 bits per heavy atom. The molecule has 0 aliphatic heterocycles. The van der Waals surface area contributed by atoms with Crippen molar-refractivity contribution < 1.29 is 4.79 Å². The number of hydrogen-bond donors (Lipinski definition) is 2. The molecule has 0 aromatic rings. The van der Waals surface area contributed by atoms with Gasteiger partial charge in [0.25, 0.3) is 0 Å². The lowest BCUT2D eigenvalue weighted by Gasteiger charge is -2.10. The van der Waals surface area contributed by atoms with Gasteiger partial charge in [-0.05, 0) is 37.5 Å². The molecule has 2 atom stereocenters. The Bertz CT molecular complexity index is 236. The Morgan fingerprint density at radius 3 is 2.92 bits per heavy atom. The molecule has 12 heavy (non-hydrogen) atoms. The maximum atomic E-state index is 10.4. The van der Waals surface area contributed by atoms with Crippen molar-refractivity contribution in [3.8, 4) is 0 Å². The molecule has 2 fully saturated rings. The van der Waals surface area contributed by atoms with Gasteiger partial charge < -0.3 is 5.73 Å². The van der Waals surface area contributed by atoms with Gasteiger partial charge in [-0.25, -0.2) is 10.2 Å². The van der Waals surface area contributed by atoms with Crippen molar-refractivity contribution in [2.75, 3.05) is 0 Å². The highest BCUT2D eigenvalue weighted by molar-refractivity contribution is 5.90. The maximum Gasteiger partial charge on any atom is 0.332 e. The first-order valence-corrected chi connectivity index (χ1v) is 4.37. The van der Waals surface area contributed by atoms with Gasteiger partial charge in [0.2, 0.25) is 0 Å². The predicted octanol–water partition coefficient (Wildman–Crippen LogP) is 0.831. The number of carbonyl (C=O) groups is 1. The number of amides is 2. The number of fused-ring (bicyclic) bond motifs is 2. The number of urea groups is 1. The lowest BCUT2D eigenvalue weighted by atomic mass is 9.99. The molecule has 0 aromatic carbocycles. The first kappa shape index (κ1) is 7.58. The molecule has 2 unspecified atom stereocenters. The maximum absolute atomic E-state index is 10.4. The minimum atomic E-state index is -0.565. The van der Waals surface area contributed by atoms with Gasteiger partial charge in [-0.1, -0.05) is 0 Å². The number of nitrogens with two attached hydrogens (primary N) is 1. The molecule has 0 heterocycles. The monoisotopic (exact) mass is 167 g/mol. The number of hydrazone groups is 1. The lowest BCUT2D eigenvalue weighted by molar-refractivity contribution is 0.249. The van der Waals surface area contributed by atoms with E-state index in [4.69, 9.17) is 5.73 Å². The number of nitrogens with zero attached hydrogens (tertiary/aromatic N) is 1. The average molecular weight is 167 g/mol. The summed E-state index contributed by atoms with van der Waals surface area (Å²) in [6.45, 7) is 0. The van der Waals surface area contributed by atoms with Crippen LogP contribution in [0.1, 0.15) is 25.7 Å². The highest BCUT2D eigenvalue weighted by atomic mass is 16.2. The molecule has 3 N–H and O–H groups in total. The number of hydrogen-bond acceptors (Lipinski definition) is 2.